The van der Waals surface area contributed by atoms with Crippen LogP contribution in [-0.4, -0.2) is 49.5 Å². The van der Waals surface area contributed by atoms with Crippen molar-refractivity contribution in [3.05, 3.63) is 0 Å². The molecule has 22 heavy (non-hydrogen) atoms. The molecule has 1 rings (SSSR count). The third kappa shape index (κ3) is 11.4. The Labute approximate surface area is 128 Å². The zero-order chi connectivity index (χ0) is 16.5. The van der Waals surface area contributed by atoms with Crippen molar-refractivity contribution in [3.63, 3.8) is 0 Å². The van der Waals surface area contributed by atoms with Gasteiger partial charge in [-0.2, -0.15) is 0 Å². The van der Waals surface area contributed by atoms with Crippen molar-refractivity contribution >= 4 is 24.3 Å². The zero-order valence-electron chi connectivity index (χ0n) is 12.2. The Morgan fingerprint density at radius 2 is 1.00 bits per heavy atom. The minimum Gasteiger partial charge on any atom is -0.211 e. The standard InChI is InChI=1S/C8H10N2O2.C6H8N2O2/c11-5-9-7-1-2-8(4-3-7)10-6-12;9-5-7-3-1-2-4-8-6-10/h7-8H,1-4H2;1-4H2. The molecule has 1 saturated carbocycles. The van der Waals surface area contributed by atoms with Crippen LogP contribution < -0.4 is 0 Å². The van der Waals surface area contributed by atoms with E-state index in [1.54, 1.807) is 12.2 Å². The van der Waals surface area contributed by atoms with Gasteiger partial charge in [-0.3, -0.25) is 0 Å². The fourth-order valence-corrected chi connectivity index (χ4v) is 1.94. The van der Waals surface area contributed by atoms with Crippen LogP contribution in [0.1, 0.15) is 38.5 Å². The van der Waals surface area contributed by atoms with Crippen molar-refractivity contribution in [1.82, 2.24) is 0 Å². The molecule has 8 heteroatoms. The number of rotatable bonds is 7. The molecule has 118 valence electrons. The molecule has 0 bridgehead atoms. The lowest BCUT2D eigenvalue weighted by atomic mass is 9.92. The highest BCUT2D eigenvalue weighted by atomic mass is 16.1. The highest BCUT2D eigenvalue weighted by Gasteiger charge is 2.19. The summed E-state index contributed by atoms with van der Waals surface area (Å²) in [4.78, 5) is 52.8. The molecular weight excluding hydrogens is 288 g/mol. The quantitative estimate of drug-likeness (QED) is 0.401. The molecule has 0 spiro atoms. The van der Waals surface area contributed by atoms with Crippen molar-refractivity contribution < 1.29 is 19.2 Å². The lowest BCUT2D eigenvalue weighted by Crippen LogP contribution is -2.19. The fraction of sp³-hybridized carbons (Fsp3) is 0.714. The molecule has 0 aromatic heterocycles. The van der Waals surface area contributed by atoms with Gasteiger partial charge in [-0.1, -0.05) is 0 Å². The van der Waals surface area contributed by atoms with Gasteiger partial charge in [-0.15, -0.1) is 0 Å². The Morgan fingerprint density at radius 1 is 0.636 bits per heavy atom. The number of aliphatic imine (C=N–C) groups is 4. The molecule has 0 aliphatic heterocycles. The minimum absolute atomic E-state index is 0.0978. The Balaban J connectivity index is 0.000000409. The normalized spacial score (nSPS) is 18.9. The van der Waals surface area contributed by atoms with Gasteiger partial charge in [-0.25, -0.2) is 39.1 Å². The summed E-state index contributed by atoms with van der Waals surface area (Å²) in [6.07, 6.45) is 10.8. The SMILES string of the molecule is O=C=NC1CCC(N=C=O)CC1.O=C=NCCCCN=C=O. The van der Waals surface area contributed by atoms with Gasteiger partial charge in [0.1, 0.15) is 0 Å². The van der Waals surface area contributed by atoms with Crippen LogP contribution in [0.4, 0.5) is 0 Å². The largest absolute Gasteiger partial charge is 0.235 e. The maximum Gasteiger partial charge on any atom is 0.235 e. The molecular formula is C14H18N4O4. The molecule has 0 atom stereocenters. The van der Waals surface area contributed by atoms with Crippen molar-refractivity contribution in [2.24, 2.45) is 20.0 Å². The van der Waals surface area contributed by atoms with Crippen LogP contribution in [0.2, 0.25) is 0 Å². The highest BCUT2D eigenvalue weighted by Crippen LogP contribution is 2.22. The molecule has 0 N–H and O–H groups in total. The second kappa shape index (κ2) is 14.9. The lowest BCUT2D eigenvalue weighted by Gasteiger charge is -2.20. The van der Waals surface area contributed by atoms with Crippen LogP contribution in [-0.2, 0) is 19.2 Å². The summed E-state index contributed by atoms with van der Waals surface area (Å²) in [5, 5.41) is 0. The molecule has 0 heterocycles. The van der Waals surface area contributed by atoms with Crippen molar-refractivity contribution in [2.45, 2.75) is 50.6 Å². The molecule has 8 nitrogen and oxygen atoms in total. The predicted molar refractivity (Wildman–Crippen MR) is 77.5 cm³/mol. The summed E-state index contributed by atoms with van der Waals surface area (Å²) in [7, 11) is 0. The summed E-state index contributed by atoms with van der Waals surface area (Å²) in [5.74, 6) is 0. The molecule has 0 aromatic carbocycles. The molecule has 1 fully saturated rings. The molecule has 0 amide bonds. The number of hydrogen-bond donors (Lipinski definition) is 0. The third-order valence-electron chi connectivity index (χ3n) is 3.06. The van der Waals surface area contributed by atoms with E-state index in [1.165, 1.54) is 12.2 Å². The fourth-order valence-electron chi connectivity index (χ4n) is 1.94. The van der Waals surface area contributed by atoms with Gasteiger partial charge in [0.15, 0.2) is 0 Å². The zero-order valence-corrected chi connectivity index (χ0v) is 12.2. The monoisotopic (exact) mass is 306 g/mol. The van der Waals surface area contributed by atoms with Crippen molar-refractivity contribution in [3.8, 4) is 0 Å². The number of unbranched alkanes of at least 4 members (excludes halogenated alkanes) is 1. The average molecular weight is 306 g/mol. The summed E-state index contributed by atoms with van der Waals surface area (Å²) in [6, 6.07) is 0.196. The molecule has 0 aromatic rings. The number of isocyanates is 4. The average Bonchev–Trinajstić information content (AvgIpc) is 2.54. The first-order chi connectivity index (χ1) is 10.8. The maximum atomic E-state index is 9.90. The number of hydrogen-bond acceptors (Lipinski definition) is 8. The highest BCUT2D eigenvalue weighted by molar-refractivity contribution is 5.34. The topological polar surface area (TPSA) is 118 Å². The van der Waals surface area contributed by atoms with Gasteiger partial charge < -0.3 is 0 Å². The second-order valence-corrected chi connectivity index (χ2v) is 4.56. The lowest BCUT2D eigenvalue weighted by molar-refractivity contribution is 0.394. The van der Waals surface area contributed by atoms with E-state index in [1.807, 2.05) is 0 Å². The number of nitrogens with zero attached hydrogens (tertiary/aromatic N) is 4. The summed E-state index contributed by atoms with van der Waals surface area (Å²) >= 11 is 0. The first kappa shape index (κ1) is 19.5. The van der Waals surface area contributed by atoms with E-state index in [-0.39, 0.29) is 12.1 Å². The van der Waals surface area contributed by atoms with Crippen molar-refractivity contribution in [1.29, 1.82) is 0 Å². The van der Waals surface area contributed by atoms with E-state index in [9.17, 15) is 19.2 Å². The summed E-state index contributed by atoms with van der Waals surface area (Å²) in [5.41, 5.74) is 0. The maximum absolute atomic E-state index is 9.90. The van der Waals surface area contributed by atoms with Crippen LogP contribution in [0.5, 0.6) is 0 Å². The van der Waals surface area contributed by atoms with E-state index in [0.717, 1.165) is 38.5 Å². The van der Waals surface area contributed by atoms with E-state index >= 15 is 0 Å². The Morgan fingerprint density at radius 3 is 1.27 bits per heavy atom. The Bertz CT molecular complexity index is 443. The Hall–Kier alpha value is -2.48. The molecule has 1 aliphatic rings. The number of carbonyl (C=O) groups excluding carboxylic acids is 4. The third-order valence-corrected chi connectivity index (χ3v) is 3.06. The summed E-state index contributed by atoms with van der Waals surface area (Å²) in [6.45, 7) is 0.940. The Kier molecular flexibility index (Phi) is 13.2. The summed E-state index contributed by atoms with van der Waals surface area (Å²) < 4.78 is 0. The minimum atomic E-state index is 0.0978. The van der Waals surface area contributed by atoms with Crippen LogP contribution in [0.15, 0.2) is 20.0 Å². The van der Waals surface area contributed by atoms with Gasteiger partial charge in [0.05, 0.1) is 25.2 Å². The van der Waals surface area contributed by atoms with Gasteiger partial charge in [0.2, 0.25) is 24.3 Å². The van der Waals surface area contributed by atoms with E-state index in [2.05, 4.69) is 20.0 Å². The van der Waals surface area contributed by atoms with Gasteiger partial charge in [-0.05, 0) is 38.5 Å². The van der Waals surface area contributed by atoms with Gasteiger partial charge in [0.25, 0.3) is 0 Å². The first-order valence-electron chi connectivity index (χ1n) is 6.99. The molecule has 0 saturated heterocycles. The van der Waals surface area contributed by atoms with Crippen LogP contribution >= 0.6 is 0 Å². The molecule has 0 unspecified atom stereocenters. The molecule has 0 radical (unpaired) electrons. The predicted octanol–water partition coefficient (Wildman–Crippen LogP) is 1.41. The van der Waals surface area contributed by atoms with Gasteiger partial charge in [0, 0.05) is 0 Å². The molecule has 1 aliphatic carbocycles. The van der Waals surface area contributed by atoms with Crippen LogP contribution in [0, 0.1) is 0 Å². The second-order valence-electron chi connectivity index (χ2n) is 4.56. The van der Waals surface area contributed by atoms with Crippen molar-refractivity contribution in [2.75, 3.05) is 13.1 Å². The first-order valence-corrected chi connectivity index (χ1v) is 6.99. The van der Waals surface area contributed by atoms with Crippen LogP contribution in [0.25, 0.3) is 0 Å². The van der Waals surface area contributed by atoms with Gasteiger partial charge >= 0.3 is 0 Å². The smallest absolute Gasteiger partial charge is 0.211 e. The van der Waals surface area contributed by atoms with E-state index < -0.39 is 0 Å². The van der Waals surface area contributed by atoms with Crippen LogP contribution in [0.3, 0.4) is 0 Å². The van der Waals surface area contributed by atoms with E-state index in [4.69, 9.17) is 0 Å². The van der Waals surface area contributed by atoms with E-state index in [0.29, 0.717) is 13.1 Å².